The smallest absolute Gasteiger partial charge is 0.283 e. The van der Waals surface area contributed by atoms with Gasteiger partial charge in [-0.1, -0.05) is 53.0 Å². The molecule has 0 spiro atoms. The van der Waals surface area contributed by atoms with Gasteiger partial charge in [-0.3, -0.25) is 14.4 Å². The Labute approximate surface area is 200 Å². The molecule has 0 unspecified atom stereocenters. The van der Waals surface area contributed by atoms with Crippen molar-refractivity contribution in [1.29, 1.82) is 0 Å². The molecule has 1 heterocycles. The molecule has 33 heavy (non-hydrogen) atoms. The molecule has 0 aromatic heterocycles. The maximum absolute atomic E-state index is 12.9. The lowest BCUT2D eigenvalue weighted by Crippen LogP contribution is -2.32. The van der Waals surface area contributed by atoms with Gasteiger partial charge in [0, 0.05) is 22.0 Å². The Morgan fingerprint density at radius 1 is 0.879 bits per heavy atom. The van der Waals surface area contributed by atoms with Crippen LogP contribution in [0.15, 0.2) is 77.5 Å². The van der Waals surface area contributed by atoms with Crippen LogP contribution >= 0.6 is 23.2 Å². The van der Waals surface area contributed by atoms with Gasteiger partial charge < -0.3 is 10.6 Å². The number of nitrogens with zero attached hydrogens (tertiary/aromatic N) is 1. The summed E-state index contributed by atoms with van der Waals surface area (Å²) in [5.41, 5.74) is 3.81. The molecule has 0 fully saturated rings. The van der Waals surface area contributed by atoms with E-state index >= 15 is 0 Å². The van der Waals surface area contributed by atoms with Crippen molar-refractivity contribution in [3.63, 3.8) is 0 Å². The standard InChI is InChI=1S/C25H19Cl2N3O3/c1-14-9-10-20(15(2)11-14)29-23(31)16-5-3-7-18(12-16)28-22-21(27)24(32)30(25(22)33)19-8-4-6-17(26)13-19/h3-13,28H,1-2H3,(H,29,31). The van der Waals surface area contributed by atoms with Crippen molar-refractivity contribution < 1.29 is 14.4 Å². The molecular weight excluding hydrogens is 461 g/mol. The fraction of sp³-hybridized carbons (Fsp3) is 0.0800. The Morgan fingerprint density at radius 3 is 2.36 bits per heavy atom. The molecule has 8 heteroatoms. The van der Waals surface area contributed by atoms with E-state index in [0.717, 1.165) is 16.0 Å². The highest BCUT2D eigenvalue weighted by Crippen LogP contribution is 2.31. The van der Waals surface area contributed by atoms with Crippen LogP contribution in [-0.2, 0) is 9.59 Å². The van der Waals surface area contributed by atoms with Crippen LogP contribution in [0.25, 0.3) is 0 Å². The van der Waals surface area contributed by atoms with Crippen molar-refractivity contribution in [3.8, 4) is 0 Å². The molecule has 1 aliphatic rings. The van der Waals surface area contributed by atoms with Crippen molar-refractivity contribution in [2.75, 3.05) is 15.5 Å². The second-order valence-corrected chi connectivity index (χ2v) is 8.41. The average Bonchev–Trinajstić information content (AvgIpc) is 2.99. The van der Waals surface area contributed by atoms with Gasteiger partial charge in [-0.25, -0.2) is 4.90 Å². The summed E-state index contributed by atoms with van der Waals surface area (Å²) in [7, 11) is 0. The normalized spacial score (nSPS) is 13.5. The Bertz CT molecular complexity index is 1330. The first-order valence-electron chi connectivity index (χ1n) is 10.0. The summed E-state index contributed by atoms with van der Waals surface area (Å²) in [6.07, 6.45) is 0. The van der Waals surface area contributed by atoms with Gasteiger partial charge in [-0.15, -0.1) is 0 Å². The summed E-state index contributed by atoms with van der Waals surface area (Å²) < 4.78 is 0. The fourth-order valence-electron chi connectivity index (χ4n) is 3.49. The fourth-order valence-corrected chi connectivity index (χ4v) is 3.89. The van der Waals surface area contributed by atoms with E-state index in [-0.39, 0.29) is 16.6 Å². The molecule has 3 aromatic carbocycles. The molecule has 0 aliphatic carbocycles. The van der Waals surface area contributed by atoms with E-state index in [1.54, 1.807) is 42.5 Å². The number of amides is 3. The van der Waals surface area contributed by atoms with Gasteiger partial charge in [-0.2, -0.15) is 0 Å². The molecule has 4 rings (SSSR count). The van der Waals surface area contributed by atoms with E-state index in [9.17, 15) is 14.4 Å². The molecule has 0 saturated carbocycles. The first-order chi connectivity index (χ1) is 15.7. The highest BCUT2D eigenvalue weighted by atomic mass is 35.5. The predicted octanol–water partition coefficient (Wildman–Crippen LogP) is 5.64. The quantitative estimate of drug-likeness (QED) is 0.463. The second kappa shape index (κ2) is 9.10. The van der Waals surface area contributed by atoms with Gasteiger partial charge in [0.15, 0.2) is 0 Å². The number of nitrogens with one attached hydrogen (secondary N) is 2. The molecule has 2 N–H and O–H groups in total. The summed E-state index contributed by atoms with van der Waals surface area (Å²) in [5, 5.41) is 5.91. The van der Waals surface area contributed by atoms with Gasteiger partial charge >= 0.3 is 0 Å². The zero-order valence-corrected chi connectivity index (χ0v) is 19.3. The molecule has 1 aliphatic heterocycles. The van der Waals surface area contributed by atoms with E-state index in [1.807, 2.05) is 32.0 Å². The largest absolute Gasteiger partial charge is 0.350 e. The molecule has 3 amide bonds. The van der Waals surface area contributed by atoms with Crippen LogP contribution in [-0.4, -0.2) is 17.7 Å². The Balaban J connectivity index is 1.55. The summed E-state index contributed by atoms with van der Waals surface area (Å²) in [4.78, 5) is 39.3. The van der Waals surface area contributed by atoms with Crippen molar-refractivity contribution in [3.05, 3.63) is 99.2 Å². The summed E-state index contributed by atoms with van der Waals surface area (Å²) in [6, 6.07) is 18.7. The predicted molar refractivity (Wildman–Crippen MR) is 131 cm³/mol. The zero-order valence-electron chi connectivity index (χ0n) is 17.8. The molecule has 3 aromatic rings. The minimum absolute atomic E-state index is 0.0754. The third-order valence-electron chi connectivity index (χ3n) is 5.12. The van der Waals surface area contributed by atoms with Gasteiger partial charge in [0.25, 0.3) is 17.7 Å². The maximum Gasteiger partial charge on any atom is 0.283 e. The Hall–Kier alpha value is -3.61. The van der Waals surface area contributed by atoms with E-state index in [4.69, 9.17) is 23.2 Å². The summed E-state index contributed by atoms with van der Waals surface area (Å²) in [6.45, 7) is 3.90. The summed E-state index contributed by atoms with van der Waals surface area (Å²) in [5.74, 6) is -1.58. The van der Waals surface area contributed by atoms with E-state index in [0.29, 0.717) is 27.6 Å². The number of hydrogen-bond donors (Lipinski definition) is 2. The van der Waals surface area contributed by atoms with Crippen LogP contribution in [0.5, 0.6) is 0 Å². The molecule has 0 saturated heterocycles. The van der Waals surface area contributed by atoms with Crippen LogP contribution in [0, 0.1) is 13.8 Å². The first-order valence-corrected chi connectivity index (χ1v) is 10.8. The molecule has 6 nitrogen and oxygen atoms in total. The lowest BCUT2D eigenvalue weighted by molar-refractivity contribution is -0.120. The highest BCUT2D eigenvalue weighted by molar-refractivity contribution is 6.53. The van der Waals surface area contributed by atoms with Gasteiger partial charge in [0.2, 0.25) is 0 Å². The van der Waals surface area contributed by atoms with Crippen LogP contribution < -0.4 is 15.5 Å². The monoisotopic (exact) mass is 479 g/mol. The van der Waals surface area contributed by atoms with Crippen LogP contribution in [0.2, 0.25) is 5.02 Å². The van der Waals surface area contributed by atoms with Crippen molar-refractivity contribution in [1.82, 2.24) is 0 Å². The Kier molecular flexibility index (Phi) is 6.22. The van der Waals surface area contributed by atoms with Crippen molar-refractivity contribution in [2.45, 2.75) is 13.8 Å². The summed E-state index contributed by atoms with van der Waals surface area (Å²) >= 11 is 12.2. The van der Waals surface area contributed by atoms with Gasteiger partial charge in [-0.05, 0) is 61.9 Å². The van der Waals surface area contributed by atoms with Gasteiger partial charge in [0.05, 0.1) is 5.69 Å². The second-order valence-electron chi connectivity index (χ2n) is 7.59. The first kappa shape index (κ1) is 22.6. The molecular formula is C25H19Cl2N3O3. The molecule has 0 bridgehead atoms. The minimum atomic E-state index is -0.657. The lowest BCUT2D eigenvalue weighted by Gasteiger charge is -2.15. The lowest BCUT2D eigenvalue weighted by atomic mass is 10.1. The molecule has 0 atom stereocenters. The number of imide groups is 1. The van der Waals surface area contributed by atoms with E-state index in [2.05, 4.69) is 10.6 Å². The Morgan fingerprint density at radius 2 is 1.64 bits per heavy atom. The number of carbonyl (C=O) groups is 3. The van der Waals surface area contributed by atoms with Crippen LogP contribution in [0.3, 0.4) is 0 Å². The van der Waals surface area contributed by atoms with Gasteiger partial charge in [0.1, 0.15) is 10.7 Å². The SMILES string of the molecule is Cc1ccc(NC(=O)c2cccc(NC3=C(Cl)C(=O)N(c4cccc(Cl)c4)C3=O)c2)c(C)c1. The number of anilines is 3. The number of aryl methyl sites for hydroxylation is 2. The number of hydrogen-bond acceptors (Lipinski definition) is 4. The van der Waals surface area contributed by atoms with Crippen molar-refractivity contribution >= 4 is 58.0 Å². The topological polar surface area (TPSA) is 78.5 Å². The third-order valence-corrected chi connectivity index (χ3v) is 5.70. The molecule has 166 valence electrons. The minimum Gasteiger partial charge on any atom is -0.350 e. The highest BCUT2D eigenvalue weighted by Gasteiger charge is 2.39. The number of rotatable bonds is 5. The van der Waals surface area contributed by atoms with Crippen LogP contribution in [0.4, 0.5) is 17.1 Å². The van der Waals surface area contributed by atoms with Crippen LogP contribution in [0.1, 0.15) is 21.5 Å². The van der Waals surface area contributed by atoms with E-state index < -0.39 is 11.8 Å². The van der Waals surface area contributed by atoms with Crippen molar-refractivity contribution in [2.24, 2.45) is 0 Å². The average molecular weight is 480 g/mol. The zero-order chi connectivity index (χ0) is 23.7. The number of benzene rings is 3. The number of carbonyl (C=O) groups excluding carboxylic acids is 3. The maximum atomic E-state index is 12.9. The third kappa shape index (κ3) is 4.62. The van der Waals surface area contributed by atoms with E-state index in [1.165, 1.54) is 6.07 Å². The number of halogens is 2. The molecule has 0 radical (unpaired) electrons.